The van der Waals surface area contributed by atoms with E-state index in [2.05, 4.69) is 11.4 Å². The van der Waals surface area contributed by atoms with Crippen LogP contribution in [0.15, 0.2) is 60.0 Å². The Kier molecular flexibility index (Phi) is 8.31. The fourth-order valence-electron chi connectivity index (χ4n) is 4.32. The molecule has 0 fully saturated rings. The minimum Gasteiger partial charge on any atom is -0.497 e. The summed E-state index contributed by atoms with van der Waals surface area (Å²) in [5.41, 5.74) is 1.59. The van der Waals surface area contributed by atoms with Crippen molar-refractivity contribution in [3.8, 4) is 11.5 Å². The zero-order valence-electron chi connectivity index (χ0n) is 19.9. The van der Waals surface area contributed by atoms with Crippen molar-refractivity contribution < 1.29 is 19.1 Å². The Morgan fingerprint density at radius 2 is 1.94 bits per heavy atom. The number of nitrogens with zero attached hydrogens (tertiary/aromatic N) is 2. The standard InChI is InChI=1S/C27H29ClN2O4S/c1-3-12-29(27(32)19-6-4-7-20(28)15-19)17-26(31)30-13-10-25-23(11-14-35-25)24(30)18-34-22-9-5-8-21(16-22)33-2/h4-9,11,14-16,24H,3,10,12-13,17-18H2,1-2H3. The number of hydrogen-bond donors (Lipinski definition) is 0. The lowest BCUT2D eigenvalue weighted by atomic mass is 10.0. The van der Waals surface area contributed by atoms with Gasteiger partial charge in [0.05, 0.1) is 13.2 Å². The molecule has 0 spiro atoms. The van der Waals surface area contributed by atoms with Crippen LogP contribution in [-0.2, 0) is 11.2 Å². The van der Waals surface area contributed by atoms with Crippen molar-refractivity contribution in [3.63, 3.8) is 0 Å². The van der Waals surface area contributed by atoms with E-state index in [0.717, 1.165) is 18.4 Å². The molecular weight excluding hydrogens is 484 g/mol. The monoisotopic (exact) mass is 512 g/mol. The number of methoxy groups -OCH3 is 1. The van der Waals surface area contributed by atoms with Gasteiger partial charge >= 0.3 is 0 Å². The van der Waals surface area contributed by atoms with Crippen molar-refractivity contribution in [1.29, 1.82) is 0 Å². The maximum absolute atomic E-state index is 13.6. The van der Waals surface area contributed by atoms with Gasteiger partial charge in [0.15, 0.2) is 0 Å². The Labute approximate surface area is 215 Å². The van der Waals surface area contributed by atoms with E-state index in [0.29, 0.717) is 41.8 Å². The van der Waals surface area contributed by atoms with Crippen molar-refractivity contribution in [2.75, 3.05) is 33.4 Å². The summed E-state index contributed by atoms with van der Waals surface area (Å²) in [6.45, 7) is 3.39. The minimum atomic E-state index is -0.228. The first kappa shape index (κ1) is 25.1. The van der Waals surface area contributed by atoms with Gasteiger partial charge < -0.3 is 19.3 Å². The molecule has 184 valence electrons. The van der Waals surface area contributed by atoms with E-state index >= 15 is 0 Å². The molecule has 3 aromatic rings. The number of carbonyl (C=O) groups is 2. The van der Waals surface area contributed by atoms with E-state index in [1.807, 2.05) is 36.1 Å². The molecule has 1 aliphatic rings. The first-order valence-electron chi connectivity index (χ1n) is 11.7. The summed E-state index contributed by atoms with van der Waals surface area (Å²) < 4.78 is 11.4. The van der Waals surface area contributed by atoms with Gasteiger partial charge in [0.1, 0.15) is 24.7 Å². The van der Waals surface area contributed by atoms with Crippen LogP contribution in [-0.4, -0.2) is 55.0 Å². The predicted octanol–water partition coefficient (Wildman–Crippen LogP) is 5.47. The topological polar surface area (TPSA) is 59.1 Å². The minimum absolute atomic E-state index is 0.00825. The highest BCUT2D eigenvalue weighted by Gasteiger charge is 2.33. The molecule has 6 nitrogen and oxygen atoms in total. The van der Waals surface area contributed by atoms with Crippen LogP contribution in [0.1, 0.15) is 40.2 Å². The van der Waals surface area contributed by atoms with Crippen LogP contribution in [0.2, 0.25) is 5.02 Å². The maximum atomic E-state index is 13.6. The second kappa shape index (κ2) is 11.6. The Morgan fingerprint density at radius 3 is 2.71 bits per heavy atom. The Morgan fingerprint density at radius 1 is 1.14 bits per heavy atom. The molecule has 2 amide bonds. The van der Waals surface area contributed by atoms with Gasteiger partial charge in [-0.25, -0.2) is 0 Å². The molecule has 1 aliphatic heterocycles. The van der Waals surface area contributed by atoms with Gasteiger partial charge in [0, 0.05) is 34.6 Å². The molecular formula is C27H29ClN2O4S. The molecule has 0 aliphatic carbocycles. The normalized spacial score (nSPS) is 14.8. The van der Waals surface area contributed by atoms with Crippen LogP contribution in [0.25, 0.3) is 0 Å². The van der Waals surface area contributed by atoms with Gasteiger partial charge in [-0.05, 0) is 60.2 Å². The van der Waals surface area contributed by atoms with Crippen LogP contribution in [0, 0.1) is 0 Å². The zero-order valence-corrected chi connectivity index (χ0v) is 21.5. The molecule has 2 heterocycles. The summed E-state index contributed by atoms with van der Waals surface area (Å²) >= 11 is 7.80. The van der Waals surface area contributed by atoms with Crippen molar-refractivity contribution in [3.05, 3.63) is 81.0 Å². The fraction of sp³-hybridized carbons (Fsp3) is 0.333. The molecule has 2 aromatic carbocycles. The summed E-state index contributed by atoms with van der Waals surface area (Å²) in [5.74, 6) is 1.11. The average Bonchev–Trinajstić information content (AvgIpc) is 3.36. The summed E-state index contributed by atoms with van der Waals surface area (Å²) in [5, 5.41) is 2.55. The van der Waals surface area contributed by atoms with Gasteiger partial charge in [0.25, 0.3) is 5.91 Å². The molecule has 1 atom stereocenters. The molecule has 35 heavy (non-hydrogen) atoms. The summed E-state index contributed by atoms with van der Waals surface area (Å²) in [6.07, 6.45) is 1.54. The van der Waals surface area contributed by atoms with Crippen molar-refractivity contribution >= 4 is 34.8 Å². The van der Waals surface area contributed by atoms with Crippen molar-refractivity contribution in [2.45, 2.75) is 25.8 Å². The Bertz CT molecular complexity index is 1180. The average molecular weight is 513 g/mol. The third-order valence-corrected chi connectivity index (χ3v) is 7.27. The van der Waals surface area contributed by atoms with Crippen LogP contribution in [0.4, 0.5) is 0 Å². The highest BCUT2D eigenvalue weighted by Crippen LogP contribution is 2.34. The van der Waals surface area contributed by atoms with Gasteiger partial charge in [-0.2, -0.15) is 0 Å². The number of thiophene rings is 1. The number of carbonyl (C=O) groups excluding carboxylic acids is 2. The number of fused-ring (bicyclic) bond motifs is 1. The molecule has 4 rings (SSSR count). The SMILES string of the molecule is CCCN(CC(=O)N1CCc2sccc2C1COc1cccc(OC)c1)C(=O)c1cccc(Cl)c1. The molecule has 8 heteroatoms. The number of benzene rings is 2. The molecule has 0 N–H and O–H groups in total. The van der Waals surface area contributed by atoms with E-state index in [4.69, 9.17) is 21.1 Å². The Hall–Kier alpha value is -3.03. The summed E-state index contributed by atoms with van der Waals surface area (Å²) in [7, 11) is 1.62. The third kappa shape index (κ3) is 5.97. The highest BCUT2D eigenvalue weighted by atomic mass is 35.5. The molecule has 0 radical (unpaired) electrons. The van der Waals surface area contributed by atoms with Crippen LogP contribution in [0.3, 0.4) is 0 Å². The molecule has 1 aromatic heterocycles. The Balaban J connectivity index is 1.52. The lowest BCUT2D eigenvalue weighted by Crippen LogP contribution is -2.48. The summed E-state index contributed by atoms with van der Waals surface area (Å²) in [6, 6.07) is 16.1. The highest BCUT2D eigenvalue weighted by molar-refractivity contribution is 7.10. The number of ether oxygens (including phenoxy) is 2. The van der Waals surface area contributed by atoms with Gasteiger partial charge in [0.2, 0.25) is 5.91 Å². The van der Waals surface area contributed by atoms with Gasteiger partial charge in [-0.15, -0.1) is 11.3 Å². The lowest BCUT2D eigenvalue weighted by molar-refractivity contribution is -0.135. The van der Waals surface area contributed by atoms with Crippen molar-refractivity contribution in [1.82, 2.24) is 9.80 Å². The maximum Gasteiger partial charge on any atom is 0.254 e. The second-order valence-corrected chi connectivity index (χ2v) is 9.82. The van der Waals surface area contributed by atoms with E-state index in [9.17, 15) is 9.59 Å². The van der Waals surface area contributed by atoms with Crippen LogP contribution < -0.4 is 9.47 Å². The second-order valence-electron chi connectivity index (χ2n) is 8.38. The molecule has 0 saturated carbocycles. The van der Waals surface area contributed by atoms with Crippen LogP contribution in [0.5, 0.6) is 11.5 Å². The van der Waals surface area contributed by atoms with Crippen molar-refractivity contribution in [2.24, 2.45) is 0 Å². The molecule has 1 unspecified atom stereocenters. The number of hydrogen-bond acceptors (Lipinski definition) is 5. The first-order valence-corrected chi connectivity index (χ1v) is 12.9. The first-order chi connectivity index (χ1) is 17.0. The van der Waals surface area contributed by atoms with Gasteiger partial charge in [-0.3, -0.25) is 9.59 Å². The molecule has 0 saturated heterocycles. The van der Waals surface area contributed by atoms with E-state index in [1.165, 1.54) is 4.88 Å². The third-order valence-electron chi connectivity index (χ3n) is 6.04. The smallest absolute Gasteiger partial charge is 0.254 e. The quantitative estimate of drug-likeness (QED) is 0.381. The number of rotatable bonds is 9. The zero-order chi connectivity index (χ0) is 24.8. The van der Waals surface area contributed by atoms with E-state index < -0.39 is 0 Å². The fourth-order valence-corrected chi connectivity index (χ4v) is 5.44. The lowest BCUT2D eigenvalue weighted by Gasteiger charge is -2.37. The summed E-state index contributed by atoms with van der Waals surface area (Å²) in [4.78, 5) is 31.5. The largest absolute Gasteiger partial charge is 0.497 e. The predicted molar refractivity (Wildman–Crippen MR) is 139 cm³/mol. The van der Waals surface area contributed by atoms with Crippen LogP contribution >= 0.6 is 22.9 Å². The van der Waals surface area contributed by atoms with E-state index in [-0.39, 0.29) is 24.4 Å². The van der Waals surface area contributed by atoms with Gasteiger partial charge in [-0.1, -0.05) is 30.7 Å². The number of amides is 2. The molecule has 0 bridgehead atoms. The number of halogens is 1. The van der Waals surface area contributed by atoms with E-state index in [1.54, 1.807) is 47.6 Å².